The van der Waals surface area contributed by atoms with Gasteiger partial charge in [0, 0.05) is 0 Å². The molecule has 2 rings (SSSR count). The SMILES string of the molecule is CN(C1(C)CO1)C1(C)CO1. The number of nitrogens with zero attached hydrogens (tertiary/aromatic N) is 1. The Hall–Kier alpha value is -0.120. The lowest BCUT2D eigenvalue weighted by atomic mass is 10.2. The molecule has 3 nitrogen and oxygen atoms in total. The molecule has 3 heteroatoms. The van der Waals surface area contributed by atoms with Gasteiger partial charge in [0.05, 0.1) is 13.2 Å². The van der Waals surface area contributed by atoms with E-state index in [1.54, 1.807) is 0 Å². The van der Waals surface area contributed by atoms with Gasteiger partial charge in [-0.3, -0.25) is 0 Å². The first-order valence-corrected chi connectivity index (χ1v) is 3.59. The van der Waals surface area contributed by atoms with E-state index >= 15 is 0 Å². The summed E-state index contributed by atoms with van der Waals surface area (Å²) in [5.74, 6) is 0. The molecule has 10 heavy (non-hydrogen) atoms. The third kappa shape index (κ3) is 0.779. The molecule has 0 spiro atoms. The smallest absolute Gasteiger partial charge is 0.144 e. The van der Waals surface area contributed by atoms with E-state index in [4.69, 9.17) is 9.47 Å². The van der Waals surface area contributed by atoms with Crippen molar-refractivity contribution in [1.29, 1.82) is 0 Å². The molecule has 0 saturated carbocycles. The Morgan fingerprint density at radius 2 is 1.40 bits per heavy atom. The molecule has 0 aromatic heterocycles. The van der Waals surface area contributed by atoms with E-state index in [0.717, 1.165) is 13.2 Å². The molecule has 2 aliphatic heterocycles. The highest BCUT2D eigenvalue weighted by Gasteiger charge is 2.56. The molecule has 0 bridgehead atoms. The molecule has 0 amide bonds. The van der Waals surface area contributed by atoms with Gasteiger partial charge >= 0.3 is 0 Å². The second kappa shape index (κ2) is 1.55. The molecular weight excluding hydrogens is 130 g/mol. The first-order valence-electron chi connectivity index (χ1n) is 3.59. The highest BCUT2D eigenvalue weighted by molar-refractivity contribution is 4.96. The molecule has 0 aliphatic carbocycles. The summed E-state index contributed by atoms with van der Waals surface area (Å²) in [6, 6.07) is 0. The first kappa shape index (κ1) is 6.58. The van der Waals surface area contributed by atoms with Gasteiger partial charge < -0.3 is 9.47 Å². The van der Waals surface area contributed by atoms with Crippen molar-refractivity contribution in [3.8, 4) is 0 Å². The molecule has 2 fully saturated rings. The Morgan fingerprint density at radius 3 is 1.60 bits per heavy atom. The minimum Gasteiger partial charge on any atom is -0.354 e. The van der Waals surface area contributed by atoms with Crippen molar-refractivity contribution < 1.29 is 9.47 Å². The van der Waals surface area contributed by atoms with Crippen LogP contribution in [0, 0.1) is 0 Å². The minimum absolute atomic E-state index is 0.0365. The average Bonchev–Trinajstić information content (AvgIpc) is 2.73. The summed E-state index contributed by atoms with van der Waals surface area (Å²) in [5.41, 5.74) is -0.0729. The van der Waals surface area contributed by atoms with E-state index < -0.39 is 0 Å². The topological polar surface area (TPSA) is 28.3 Å². The molecule has 58 valence electrons. The number of hydrogen-bond acceptors (Lipinski definition) is 3. The van der Waals surface area contributed by atoms with Gasteiger partial charge in [0.25, 0.3) is 0 Å². The maximum Gasteiger partial charge on any atom is 0.144 e. The third-order valence-electron chi connectivity index (χ3n) is 2.54. The molecule has 2 saturated heterocycles. The molecule has 0 N–H and O–H groups in total. The van der Waals surface area contributed by atoms with Crippen LogP contribution < -0.4 is 0 Å². The van der Waals surface area contributed by atoms with Crippen LogP contribution in [0.5, 0.6) is 0 Å². The molecule has 0 aromatic carbocycles. The number of ether oxygens (including phenoxy) is 2. The zero-order valence-corrected chi connectivity index (χ0v) is 6.68. The van der Waals surface area contributed by atoms with Crippen LogP contribution >= 0.6 is 0 Å². The Bertz CT molecular complexity index is 143. The van der Waals surface area contributed by atoms with Gasteiger partial charge in [-0.1, -0.05) is 0 Å². The maximum atomic E-state index is 5.27. The number of likely N-dealkylation sites (N-methyl/N-ethyl adjacent to an activating group) is 1. The second-order valence-electron chi connectivity index (χ2n) is 3.49. The van der Waals surface area contributed by atoms with Gasteiger partial charge in [0.15, 0.2) is 0 Å². The predicted octanol–water partition coefficient (Wildman–Crippen LogP) is 0.411. The van der Waals surface area contributed by atoms with Crippen molar-refractivity contribution in [3.63, 3.8) is 0 Å². The highest BCUT2D eigenvalue weighted by atomic mass is 16.7. The van der Waals surface area contributed by atoms with Crippen LogP contribution in [0.2, 0.25) is 0 Å². The van der Waals surface area contributed by atoms with E-state index in [0.29, 0.717) is 0 Å². The first-order chi connectivity index (χ1) is 4.57. The summed E-state index contributed by atoms with van der Waals surface area (Å²) in [5, 5.41) is 0. The fourth-order valence-corrected chi connectivity index (χ4v) is 1.10. The molecule has 2 heterocycles. The number of epoxide rings is 2. The third-order valence-corrected chi connectivity index (χ3v) is 2.54. The van der Waals surface area contributed by atoms with Crippen LogP contribution in [-0.2, 0) is 9.47 Å². The van der Waals surface area contributed by atoms with Gasteiger partial charge in [-0.25, -0.2) is 4.90 Å². The van der Waals surface area contributed by atoms with Crippen LogP contribution in [-0.4, -0.2) is 36.6 Å². The summed E-state index contributed by atoms with van der Waals surface area (Å²) >= 11 is 0. The van der Waals surface area contributed by atoms with Crippen molar-refractivity contribution in [2.75, 3.05) is 20.3 Å². The highest BCUT2D eigenvalue weighted by Crippen LogP contribution is 2.40. The Labute approximate surface area is 60.9 Å². The van der Waals surface area contributed by atoms with Gasteiger partial charge in [0.2, 0.25) is 0 Å². The maximum absolute atomic E-state index is 5.27. The van der Waals surface area contributed by atoms with E-state index in [-0.39, 0.29) is 11.4 Å². The van der Waals surface area contributed by atoms with Crippen LogP contribution in [0.3, 0.4) is 0 Å². The van der Waals surface area contributed by atoms with E-state index in [2.05, 4.69) is 18.7 Å². The number of rotatable bonds is 2. The van der Waals surface area contributed by atoms with Crippen molar-refractivity contribution in [1.82, 2.24) is 4.90 Å². The average molecular weight is 143 g/mol. The van der Waals surface area contributed by atoms with E-state index in [1.165, 1.54) is 0 Å². The number of hydrogen-bond donors (Lipinski definition) is 0. The lowest BCUT2D eigenvalue weighted by molar-refractivity contribution is 0.0184. The van der Waals surface area contributed by atoms with Crippen LogP contribution in [0.4, 0.5) is 0 Å². The Balaban J connectivity index is 2.04. The molecule has 0 aromatic rings. The molecular formula is C7H13NO2. The normalized spacial score (nSPS) is 51.6. The van der Waals surface area contributed by atoms with E-state index in [1.807, 2.05) is 7.05 Å². The van der Waals surface area contributed by atoms with Crippen LogP contribution in [0.25, 0.3) is 0 Å². The molecule has 0 radical (unpaired) electrons. The van der Waals surface area contributed by atoms with Gasteiger partial charge in [-0.05, 0) is 20.9 Å². The van der Waals surface area contributed by atoms with Gasteiger partial charge in [-0.2, -0.15) is 0 Å². The summed E-state index contributed by atoms with van der Waals surface area (Å²) in [6.07, 6.45) is 0. The molecule has 2 unspecified atom stereocenters. The Morgan fingerprint density at radius 1 is 1.10 bits per heavy atom. The lowest BCUT2D eigenvalue weighted by Gasteiger charge is -2.24. The standard InChI is InChI=1S/C7H13NO2/c1-6(4-9-6)8(3)7(2)5-10-7/h4-5H2,1-3H3. The Kier molecular flexibility index (Phi) is 1.02. The molecule has 2 aliphatic rings. The predicted molar refractivity (Wildman–Crippen MR) is 36.5 cm³/mol. The lowest BCUT2D eigenvalue weighted by Crippen LogP contribution is -2.42. The van der Waals surface area contributed by atoms with Crippen molar-refractivity contribution in [2.24, 2.45) is 0 Å². The van der Waals surface area contributed by atoms with E-state index in [9.17, 15) is 0 Å². The zero-order chi connectivity index (χ0) is 7.41. The fourth-order valence-electron chi connectivity index (χ4n) is 1.10. The second-order valence-corrected chi connectivity index (χ2v) is 3.49. The van der Waals surface area contributed by atoms with Crippen molar-refractivity contribution in [3.05, 3.63) is 0 Å². The zero-order valence-electron chi connectivity index (χ0n) is 6.68. The van der Waals surface area contributed by atoms with Gasteiger partial charge in [-0.15, -0.1) is 0 Å². The largest absolute Gasteiger partial charge is 0.354 e. The summed E-state index contributed by atoms with van der Waals surface area (Å²) in [7, 11) is 2.04. The van der Waals surface area contributed by atoms with Crippen LogP contribution in [0.15, 0.2) is 0 Å². The monoisotopic (exact) mass is 143 g/mol. The molecule has 2 atom stereocenters. The summed E-state index contributed by atoms with van der Waals surface area (Å²) < 4.78 is 10.5. The summed E-state index contributed by atoms with van der Waals surface area (Å²) in [6.45, 7) is 5.84. The van der Waals surface area contributed by atoms with Crippen molar-refractivity contribution in [2.45, 2.75) is 25.3 Å². The van der Waals surface area contributed by atoms with Gasteiger partial charge in [0.1, 0.15) is 11.4 Å². The minimum atomic E-state index is -0.0365. The van der Waals surface area contributed by atoms with Crippen molar-refractivity contribution >= 4 is 0 Å². The quantitative estimate of drug-likeness (QED) is 0.524. The van der Waals surface area contributed by atoms with Crippen LogP contribution in [0.1, 0.15) is 13.8 Å². The fraction of sp³-hybridized carbons (Fsp3) is 1.00. The summed E-state index contributed by atoms with van der Waals surface area (Å²) in [4.78, 5) is 2.15.